The van der Waals surface area contributed by atoms with Gasteiger partial charge < -0.3 is 15.7 Å². The number of nitrogens with one attached hydrogen (secondary N) is 2. The Morgan fingerprint density at radius 1 is 1.17 bits per heavy atom. The summed E-state index contributed by atoms with van der Waals surface area (Å²) >= 11 is 0. The van der Waals surface area contributed by atoms with Crippen molar-refractivity contribution in [3.8, 4) is 5.75 Å². The van der Waals surface area contributed by atoms with Gasteiger partial charge in [0.1, 0.15) is 11.4 Å². The number of amides is 2. The van der Waals surface area contributed by atoms with E-state index in [1.54, 1.807) is 12.1 Å². The molecule has 24 heavy (non-hydrogen) atoms. The standard InChI is InChI=1S/C17H20N4O3/c1-17(2,3)21-16(24)13-9-11(6-8-19-13)20-15(23)10-12-14(22)5-4-7-18-12/h4-9,22H,10H2,1-3H3,(H,21,24)(H,19,20,23). The smallest absolute Gasteiger partial charge is 0.270 e. The van der Waals surface area contributed by atoms with Gasteiger partial charge in [-0.3, -0.25) is 19.6 Å². The molecule has 0 spiro atoms. The molecule has 0 saturated carbocycles. The van der Waals surface area contributed by atoms with E-state index in [1.165, 1.54) is 24.5 Å². The zero-order chi connectivity index (χ0) is 17.7. The number of carbonyl (C=O) groups is 2. The molecule has 0 radical (unpaired) electrons. The van der Waals surface area contributed by atoms with Gasteiger partial charge in [0.15, 0.2) is 0 Å². The summed E-state index contributed by atoms with van der Waals surface area (Å²) < 4.78 is 0. The Bertz CT molecular complexity index is 753. The van der Waals surface area contributed by atoms with E-state index in [-0.39, 0.29) is 40.9 Å². The Balaban J connectivity index is 2.05. The maximum atomic E-state index is 12.1. The summed E-state index contributed by atoms with van der Waals surface area (Å²) in [7, 11) is 0. The Morgan fingerprint density at radius 3 is 2.58 bits per heavy atom. The van der Waals surface area contributed by atoms with Gasteiger partial charge in [-0.05, 0) is 45.0 Å². The molecular formula is C17H20N4O3. The van der Waals surface area contributed by atoms with Gasteiger partial charge in [-0.2, -0.15) is 0 Å². The molecule has 3 N–H and O–H groups in total. The molecule has 2 amide bonds. The molecule has 0 aliphatic carbocycles. The maximum absolute atomic E-state index is 12.1. The fourth-order valence-electron chi connectivity index (χ4n) is 1.96. The zero-order valence-corrected chi connectivity index (χ0v) is 13.8. The Hall–Kier alpha value is -2.96. The highest BCUT2D eigenvalue weighted by molar-refractivity contribution is 5.96. The molecule has 0 atom stereocenters. The molecule has 0 unspecified atom stereocenters. The van der Waals surface area contributed by atoms with Gasteiger partial charge in [0.05, 0.1) is 12.1 Å². The normalized spacial score (nSPS) is 11.0. The first-order chi connectivity index (χ1) is 11.2. The van der Waals surface area contributed by atoms with Crippen LogP contribution < -0.4 is 10.6 Å². The fraction of sp³-hybridized carbons (Fsp3) is 0.294. The molecule has 2 heterocycles. The first-order valence-electron chi connectivity index (χ1n) is 7.46. The zero-order valence-electron chi connectivity index (χ0n) is 13.8. The molecule has 7 heteroatoms. The van der Waals surface area contributed by atoms with Gasteiger partial charge in [0.25, 0.3) is 5.91 Å². The van der Waals surface area contributed by atoms with Crippen molar-refractivity contribution in [2.75, 3.05) is 5.32 Å². The van der Waals surface area contributed by atoms with Crippen LogP contribution >= 0.6 is 0 Å². The lowest BCUT2D eigenvalue weighted by molar-refractivity contribution is -0.115. The Kier molecular flexibility index (Phi) is 5.13. The molecule has 0 bridgehead atoms. The number of rotatable bonds is 4. The largest absolute Gasteiger partial charge is 0.506 e. The quantitative estimate of drug-likeness (QED) is 0.795. The van der Waals surface area contributed by atoms with Gasteiger partial charge in [0, 0.05) is 23.6 Å². The molecule has 0 aromatic carbocycles. The van der Waals surface area contributed by atoms with E-state index >= 15 is 0 Å². The van der Waals surface area contributed by atoms with Crippen molar-refractivity contribution in [1.82, 2.24) is 15.3 Å². The van der Waals surface area contributed by atoms with Crippen LogP contribution in [0.25, 0.3) is 0 Å². The highest BCUT2D eigenvalue weighted by Crippen LogP contribution is 2.15. The fourth-order valence-corrected chi connectivity index (χ4v) is 1.96. The van der Waals surface area contributed by atoms with Crippen LogP contribution in [0.1, 0.15) is 37.0 Å². The molecule has 0 saturated heterocycles. The summed E-state index contributed by atoms with van der Waals surface area (Å²) in [6.45, 7) is 5.61. The summed E-state index contributed by atoms with van der Waals surface area (Å²) in [5.74, 6) is -0.703. The Labute approximate surface area is 140 Å². The molecule has 0 aliphatic heterocycles. The van der Waals surface area contributed by atoms with E-state index < -0.39 is 0 Å². The van der Waals surface area contributed by atoms with Crippen LogP contribution in [-0.2, 0) is 11.2 Å². The summed E-state index contributed by atoms with van der Waals surface area (Å²) in [5, 5.41) is 15.1. The van der Waals surface area contributed by atoms with Crippen LogP contribution in [-0.4, -0.2) is 32.4 Å². The molecule has 0 aliphatic rings. The number of pyridine rings is 2. The second-order valence-corrected chi connectivity index (χ2v) is 6.33. The summed E-state index contributed by atoms with van der Waals surface area (Å²) in [6.07, 6.45) is 2.88. The van der Waals surface area contributed by atoms with Crippen LogP contribution in [0.4, 0.5) is 5.69 Å². The number of aromatic hydroxyl groups is 1. The summed E-state index contributed by atoms with van der Waals surface area (Å²) in [4.78, 5) is 32.1. The predicted octanol–water partition coefficient (Wildman–Crippen LogP) is 1.89. The van der Waals surface area contributed by atoms with Gasteiger partial charge in [-0.15, -0.1) is 0 Å². The van der Waals surface area contributed by atoms with Crippen LogP contribution in [0.5, 0.6) is 5.75 Å². The van der Waals surface area contributed by atoms with Crippen LogP contribution in [0.15, 0.2) is 36.7 Å². The van der Waals surface area contributed by atoms with Crippen LogP contribution in [0, 0.1) is 0 Å². The minimum Gasteiger partial charge on any atom is -0.506 e. The second-order valence-electron chi connectivity index (χ2n) is 6.33. The molecule has 7 nitrogen and oxygen atoms in total. The van der Waals surface area contributed by atoms with Crippen molar-refractivity contribution in [2.24, 2.45) is 0 Å². The molecule has 2 rings (SSSR count). The van der Waals surface area contributed by atoms with Crippen molar-refractivity contribution < 1.29 is 14.7 Å². The number of hydrogen-bond donors (Lipinski definition) is 3. The van der Waals surface area contributed by atoms with E-state index in [0.717, 1.165) is 0 Å². The second kappa shape index (κ2) is 7.08. The number of hydrogen-bond acceptors (Lipinski definition) is 5. The van der Waals surface area contributed by atoms with E-state index in [0.29, 0.717) is 5.69 Å². The molecular weight excluding hydrogens is 308 g/mol. The third-order valence-corrected chi connectivity index (χ3v) is 2.96. The highest BCUT2D eigenvalue weighted by atomic mass is 16.3. The van der Waals surface area contributed by atoms with Gasteiger partial charge >= 0.3 is 0 Å². The van der Waals surface area contributed by atoms with Crippen molar-refractivity contribution in [2.45, 2.75) is 32.7 Å². The highest BCUT2D eigenvalue weighted by Gasteiger charge is 2.17. The molecule has 2 aromatic heterocycles. The number of carbonyl (C=O) groups excluding carboxylic acids is 2. The monoisotopic (exact) mass is 328 g/mol. The lowest BCUT2D eigenvalue weighted by Crippen LogP contribution is -2.40. The third-order valence-electron chi connectivity index (χ3n) is 2.96. The topological polar surface area (TPSA) is 104 Å². The van der Waals surface area contributed by atoms with Crippen LogP contribution in [0.2, 0.25) is 0 Å². The Morgan fingerprint density at radius 2 is 1.92 bits per heavy atom. The van der Waals surface area contributed by atoms with E-state index in [9.17, 15) is 14.7 Å². The molecule has 0 fully saturated rings. The minimum absolute atomic E-state index is 0.0346. The first kappa shape index (κ1) is 17.4. The average molecular weight is 328 g/mol. The minimum atomic E-state index is -0.380. The van der Waals surface area contributed by atoms with E-state index in [4.69, 9.17) is 0 Å². The lowest BCUT2D eigenvalue weighted by Gasteiger charge is -2.20. The number of aromatic nitrogens is 2. The van der Waals surface area contributed by atoms with Crippen LogP contribution in [0.3, 0.4) is 0 Å². The summed E-state index contributed by atoms with van der Waals surface area (Å²) in [5.41, 5.74) is 0.566. The molecule has 126 valence electrons. The first-order valence-corrected chi connectivity index (χ1v) is 7.46. The summed E-state index contributed by atoms with van der Waals surface area (Å²) in [6, 6.07) is 6.14. The lowest BCUT2D eigenvalue weighted by atomic mass is 10.1. The van der Waals surface area contributed by atoms with Gasteiger partial charge in [0.2, 0.25) is 5.91 Å². The van der Waals surface area contributed by atoms with Crippen molar-refractivity contribution in [3.63, 3.8) is 0 Å². The van der Waals surface area contributed by atoms with Crippen molar-refractivity contribution in [1.29, 1.82) is 0 Å². The number of anilines is 1. The van der Waals surface area contributed by atoms with Crippen molar-refractivity contribution >= 4 is 17.5 Å². The number of nitrogens with zero attached hydrogens (tertiary/aromatic N) is 2. The van der Waals surface area contributed by atoms with E-state index in [2.05, 4.69) is 20.6 Å². The SMILES string of the molecule is CC(C)(C)NC(=O)c1cc(NC(=O)Cc2ncccc2O)ccn1. The third kappa shape index (κ3) is 5.05. The van der Waals surface area contributed by atoms with Gasteiger partial charge in [-0.1, -0.05) is 0 Å². The van der Waals surface area contributed by atoms with Gasteiger partial charge in [-0.25, -0.2) is 0 Å². The molecule has 2 aromatic rings. The maximum Gasteiger partial charge on any atom is 0.270 e. The van der Waals surface area contributed by atoms with E-state index in [1.807, 2.05) is 20.8 Å². The predicted molar refractivity (Wildman–Crippen MR) is 89.7 cm³/mol. The van der Waals surface area contributed by atoms with Crippen molar-refractivity contribution in [3.05, 3.63) is 48.0 Å². The average Bonchev–Trinajstić information content (AvgIpc) is 2.48.